The quantitative estimate of drug-likeness (QED) is 0.702. The van der Waals surface area contributed by atoms with E-state index in [1.54, 1.807) is 14.0 Å². The predicted octanol–water partition coefficient (Wildman–Crippen LogP) is 0.262. The highest BCUT2D eigenvalue weighted by atomic mass is 16.2. The van der Waals surface area contributed by atoms with Crippen LogP contribution in [0.2, 0.25) is 0 Å². The number of carbonyl (C=O) groups excluding carboxylic acids is 1. The van der Waals surface area contributed by atoms with Gasteiger partial charge in [-0.3, -0.25) is 9.59 Å². The number of rotatable bonds is 4. The SMILES string of the molecule is CNC(=O)C(C)(C)CNc1cc(=O)[nH]c(C)n1. The highest BCUT2D eigenvalue weighted by Gasteiger charge is 2.26. The Labute approximate surface area is 99.8 Å². The summed E-state index contributed by atoms with van der Waals surface area (Å²) in [7, 11) is 1.60. The fourth-order valence-electron chi connectivity index (χ4n) is 1.40. The number of H-pyrrole nitrogens is 1. The van der Waals surface area contributed by atoms with Crippen molar-refractivity contribution in [1.82, 2.24) is 15.3 Å². The van der Waals surface area contributed by atoms with E-state index in [1.165, 1.54) is 6.07 Å². The Bertz CT molecular complexity index is 465. The average Bonchev–Trinajstić information content (AvgIpc) is 2.24. The lowest BCUT2D eigenvalue weighted by Gasteiger charge is -2.23. The van der Waals surface area contributed by atoms with Gasteiger partial charge in [-0.2, -0.15) is 0 Å². The molecule has 0 aliphatic carbocycles. The van der Waals surface area contributed by atoms with E-state index in [9.17, 15) is 9.59 Å². The molecule has 0 unspecified atom stereocenters. The zero-order valence-corrected chi connectivity index (χ0v) is 10.5. The van der Waals surface area contributed by atoms with Crippen molar-refractivity contribution in [1.29, 1.82) is 0 Å². The van der Waals surface area contributed by atoms with Crippen LogP contribution in [0.15, 0.2) is 10.9 Å². The van der Waals surface area contributed by atoms with Crippen LogP contribution in [0.1, 0.15) is 19.7 Å². The Morgan fingerprint density at radius 1 is 1.53 bits per heavy atom. The van der Waals surface area contributed by atoms with Crippen LogP contribution in [-0.2, 0) is 4.79 Å². The van der Waals surface area contributed by atoms with Crippen LogP contribution in [0, 0.1) is 12.3 Å². The van der Waals surface area contributed by atoms with Gasteiger partial charge in [-0.05, 0) is 20.8 Å². The lowest BCUT2D eigenvalue weighted by atomic mass is 9.92. The number of amides is 1. The molecule has 0 aliphatic rings. The summed E-state index contributed by atoms with van der Waals surface area (Å²) in [4.78, 5) is 29.4. The summed E-state index contributed by atoms with van der Waals surface area (Å²) in [6.07, 6.45) is 0. The Kier molecular flexibility index (Phi) is 3.88. The molecule has 1 amide bonds. The van der Waals surface area contributed by atoms with Crippen LogP contribution in [0.25, 0.3) is 0 Å². The fraction of sp³-hybridized carbons (Fsp3) is 0.545. The number of aromatic nitrogens is 2. The first-order valence-electron chi connectivity index (χ1n) is 5.39. The molecular formula is C11H18N4O2. The minimum atomic E-state index is -0.563. The first kappa shape index (κ1) is 13.2. The molecule has 17 heavy (non-hydrogen) atoms. The number of aryl methyl sites for hydroxylation is 1. The van der Waals surface area contributed by atoms with Crippen LogP contribution in [0.3, 0.4) is 0 Å². The monoisotopic (exact) mass is 238 g/mol. The summed E-state index contributed by atoms with van der Waals surface area (Å²) in [5.41, 5.74) is -0.773. The summed E-state index contributed by atoms with van der Waals surface area (Å²) in [5.74, 6) is 0.951. The van der Waals surface area contributed by atoms with Crippen molar-refractivity contribution in [3.8, 4) is 0 Å². The molecule has 0 atom stereocenters. The van der Waals surface area contributed by atoms with Gasteiger partial charge in [0.2, 0.25) is 5.91 Å². The molecule has 0 aliphatic heterocycles. The van der Waals surface area contributed by atoms with E-state index in [2.05, 4.69) is 20.6 Å². The van der Waals surface area contributed by atoms with Crippen molar-refractivity contribution in [2.75, 3.05) is 18.9 Å². The Balaban J connectivity index is 2.73. The van der Waals surface area contributed by atoms with E-state index < -0.39 is 5.41 Å². The number of hydrogen-bond donors (Lipinski definition) is 3. The van der Waals surface area contributed by atoms with Gasteiger partial charge in [0.05, 0.1) is 5.41 Å². The molecule has 6 nitrogen and oxygen atoms in total. The largest absolute Gasteiger partial charge is 0.369 e. The Hall–Kier alpha value is -1.85. The predicted molar refractivity (Wildman–Crippen MR) is 65.9 cm³/mol. The van der Waals surface area contributed by atoms with Crippen molar-refractivity contribution in [2.45, 2.75) is 20.8 Å². The van der Waals surface area contributed by atoms with E-state index in [1.807, 2.05) is 13.8 Å². The maximum Gasteiger partial charge on any atom is 0.252 e. The van der Waals surface area contributed by atoms with E-state index in [4.69, 9.17) is 0 Å². The van der Waals surface area contributed by atoms with Crippen molar-refractivity contribution in [3.05, 3.63) is 22.2 Å². The zero-order valence-electron chi connectivity index (χ0n) is 10.5. The maximum atomic E-state index is 11.5. The molecule has 0 bridgehead atoms. The van der Waals surface area contributed by atoms with Gasteiger partial charge < -0.3 is 15.6 Å². The standard InChI is InChI=1S/C11H18N4O2/c1-7-14-8(5-9(16)15-7)13-6-11(2,3)10(17)12-4/h5H,6H2,1-4H3,(H,12,17)(H2,13,14,15,16). The third-order valence-corrected chi connectivity index (χ3v) is 2.41. The van der Waals surface area contributed by atoms with Crippen LogP contribution in [-0.4, -0.2) is 29.5 Å². The molecule has 0 spiro atoms. The zero-order chi connectivity index (χ0) is 13.1. The van der Waals surface area contributed by atoms with Crippen molar-refractivity contribution in [2.24, 2.45) is 5.41 Å². The summed E-state index contributed by atoms with van der Waals surface area (Å²) in [6, 6.07) is 1.37. The molecule has 1 aromatic rings. The van der Waals surface area contributed by atoms with E-state index in [0.717, 1.165) is 0 Å². The van der Waals surface area contributed by atoms with Crippen LogP contribution >= 0.6 is 0 Å². The number of anilines is 1. The van der Waals surface area contributed by atoms with Gasteiger partial charge in [0, 0.05) is 19.7 Å². The average molecular weight is 238 g/mol. The molecule has 0 aromatic carbocycles. The van der Waals surface area contributed by atoms with Crippen molar-refractivity contribution < 1.29 is 4.79 Å². The van der Waals surface area contributed by atoms with Gasteiger partial charge in [0.1, 0.15) is 11.6 Å². The highest BCUT2D eigenvalue weighted by Crippen LogP contribution is 2.15. The molecule has 0 radical (unpaired) electrons. The second kappa shape index (κ2) is 4.99. The second-order valence-corrected chi connectivity index (χ2v) is 4.53. The van der Waals surface area contributed by atoms with Crippen LogP contribution in [0.4, 0.5) is 5.82 Å². The lowest BCUT2D eigenvalue weighted by Crippen LogP contribution is -2.39. The topological polar surface area (TPSA) is 86.9 Å². The van der Waals surface area contributed by atoms with E-state index >= 15 is 0 Å². The van der Waals surface area contributed by atoms with Crippen LogP contribution in [0.5, 0.6) is 0 Å². The molecule has 1 heterocycles. The van der Waals surface area contributed by atoms with Gasteiger partial charge in [-0.25, -0.2) is 4.98 Å². The first-order valence-corrected chi connectivity index (χ1v) is 5.39. The normalized spacial score (nSPS) is 11.1. The molecule has 94 valence electrons. The summed E-state index contributed by atoms with van der Waals surface area (Å²) in [6.45, 7) is 5.75. The molecule has 1 rings (SSSR count). The summed E-state index contributed by atoms with van der Waals surface area (Å²) < 4.78 is 0. The summed E-state index contributed by atoms with van der Waals surface area (Å²) >= 11 is 0. The number of hydrogen-bond acceptors (Lipinski definition) is 4. The lowest BCUT2D eigenvalue weighted by molar-refractivity contribution is -0.128. The fourth-order valence-corrected chi connectivity index (χ4v) is 1.40. The van der Waals surface area contributed by atoms with Crippen molar-refractivity contribution >= 4 is 11.7 Å². The van der Waals surface area contributed by atoms with Crippen molar-refractivity contribution in [3.63, 3.8) is 0 Å². The number of nitrogens with zero attached hydrogens (tertiary/aromatic N) is 1. The van der Waals surface area contributed by atoms with Gasteiger partial charge in [0.15, 0.2) is 0 Å². The Morgan fingerprint density at radius 3 is 2.71 bits per heavy atom. The van der Waals surface area contributed by atoms with Gasteiger partial charge in [-0.15, -0.1) is 0 Å². The molecule has 6 heteroatoms. The third kappa shape index (κ3) is 3.58. The van der Waals surface area contributed by atoms with Gasteiger partial charge in [0.25, 0.3) is 5.56 Å². The summed E-state index contributed by atoms with van der Waals surface area (Å²) in [5, 5.41) is 5.59. The van der Waals surface area contributed by atoms with Gasteiger partial charge in [-0.1, -0.05) is 0 Å². The maximum absolute atomic E-state index is 11.5. The molecule has 1 aromatic heterocycles. The number of aromatic amines is 1. The van der Waals surface area contributed by atoms with Crippen LogP contribution < -0.4 is 16.2 Å². The Morgan fingerprint density at radius 2 is 2.18 bits per heavy atom. The van der Waals surface area contributed by atoms with E-state index in [-0.39, 0.29) is 11.5 Å². The number of carbonyl (C=O) groups is 1. The highest BCUT2D eigenvalue weighted by molar-refractivity contribution is 5.82. The molecular weight excluding hydrogens is 220 g/mol. The smallest absolute Gasteiger partial charge is 0.252 e. The minimum absolute atomic E-state index is 0.0634. The third-order valence-electron chi connectivity index (χ3n) is 2.41. The molecule has 0 fully saturated rings. The van der Waals surface area contributed by atoms with E-state index in [0.29, 0.717) is 18.2 Å². The molecule has 3 N–H and O–H groups in total. The first-order chi connectivity index (χ1) is 7.85. The molecule has 0 saturated carbocycles. The number of nitrogens with one attached hydrogen (secondary N) is 3. The van der Waals surface area contributed by atoms with Gasteiger partial charge >= 0.3 is 0 Å². The second-order valence-electron chi connectivity index (χ2n) is 4.53. The molecule has 0 saturated heterocycles. The minimum Gasteiger partial charge on any atom is -0.369 e.